The molecule has 1 aliphatic heterocycles. The van der Waals surface area contributed by atoms with E-state index < -0.39 is 18.0 Å². The number of carbonyl (C=O) groups is 4. The minimum atomic E-state index is -0.950. The molecule has 54 heavy (non-hydrogen) atoms. The van der Waals surface area contributed by atoms with Gasteiger partial charge in [-0.25, -0.2) is 0 Å². The van der Waals surface area contributed by atoms with Crippen LogP contribution in [0.5, 0.6) is 0 Å². The SMILES string of the molecule is C=C(O)CN1CCN(CC(=O)O)CCN(CC(=O)CCc2ccc(COCC(=O)[C@H](N)Cc3ccc4ccccc4c3)cc2)CCN(CC(=O)O)CC1.[Gd]. The minimum Gasteiger partial charge on any atom is -0.512 e. The maximum absolute atomic E-state index is 13.2. The average Bonchev–Trinajstić information content (AvgIpc) is 3.11. The number of aryl methyl sites for hydroxylation is 1. The Bertz CT molecular complexity index is 1660. The van der Waals surface area contributed by atoms with Crippen LogP contribution in [0.25, 0.3) is 10.8 Å². The first kappa shape index (κ1) is 45.2. The van der Waals surface area contributed by atoms with Crippen molar-refractivity contribution in [3.05, 3.63) is 95.8 Å². The molecule has 0 amide bonds. The van der Waals surface area contributed by atoms with Crippen molar-refractivity contribution < 1.29 is 79.2 Å². The number of nitrogens with two attached hydrogens (primary N) is 1. The van der Waals surface area contributed by atoms with E-state index in [4.69, 9.17) is 10.5 Å². The van der Waals surface area contributed by atoms with E-state index in [-0.39, 0.29) is 96.7 Å². The molecule has 1 aliphatic rings. The summed E-state index contributed by atoms with van der Waals surface area (Å²) in [7, 11) is 0. The molecule has 3 aromatic carbocycles. The Morgan fingerprint density at radius 3 is 1.69 bits per heavy atom. The molecule has 0 saturated carbocycles. The molecule has 0 spiro atoms. The van der Waals surface area contributed by atoms with E-state index in [0.29, 0.717) is 71.6 Å². The largest absolute Gasteiger partial charge is 0.512 e. The van der Waals surface area contributed by atoms with Gasteiger partial charge in [-0.2, -0.15) is 0 Å². The normalized spacial score (nSPS) is 16.1. The second-order valence-electron chi connectivity index (χ2n) is 13.8. The van der Waals surface area contributed by atoms with Gasteiger partial charge < -0.3 is 25.8 Å². The predicted octanol–water partition coefficient (Wildman–Crippen LogP) is 2.46. The number of nitrogens with zero attached hydrogens (tertiary/aromatic N) is 4. The molecule has 0 aliphatic carbocycles. The summed E-state index contributed by atoms with van der Waals surface area (Å²) in [6, 6.07) is 21.2. The van der Waals surface area contributed by atoms with Crippen LogP contribution in [0.4, 0.5) is 0 Å². The fourth-order valence-corrected chi connectivity index (χ4v) is 6.38. The summed E-state index contributed by atoms with van der Waals surface area (Å²) >= 11 is 0. The molecule has 5 N–H and O–H groups in total. The van der Waals surface area contributed by atoms with Crippen molar-refractivity contribution in [1.82, 2.24) is 19.6 Å². The number of fused-ring (bicyclic) bond motifs is 1. The number of ether oxygens (including phenoxy) is 1. The number of hydrogen-bond donors (Lipinski definition) is 4. The summed E-state index contributed by atoms with van der Waals surface area (Å²) < 4.78 is 5.68. The molecule has 0 aromatic heterocycles. The zero-order valence-electron chi connectivity index (χ0n) is 30.8. The monoisotopic (exact) mass is 889 g/mol. The Kier molecular flexibility index (Phi) is 19.8. The number of aliphatic hydroxyl groups excluding tert-OH is 1. The molecule has 294 valence electrons. The summed E-state index contributed by atoms with van der Waals surface area (Å²) in [4.78, 5) is 56.5. The number of carboxylic acids is 2. The minimum absolute atomic E-state index is 0. The third kappa shape index (κ3) is 16.7. The maximum Gasteiger partial charge on any atom is 0.317 e. The van der Waals surface area contributed by atoms with Crippen molar-refractivity contribution >= 4 is 34.3 Å². The number of hydrogen-bond acceptors (Lipinski definition) is 11. The van der Waals surface area contributed by atoms with E-state index in [0.717, 1.165) is 27.5 Å². The van der Waals surface area contributed by atoms with Crippen LogP contribution < -0.4 is 5.73 Å². The molecular weight excluding hydrogens is 836 g/mol. The zero-order valence-corrected chi connectivity index (χ0v) is 33.0. The van der Waals surface area contributed by atoms with Crippen LogP contribution in [0.15, 0.2) is 79.1 Å². The molecule has 0 unspecified atom stereocenters. The molecule has 1 heterocycles. The number of ketones is 2. The van der Waals surface area contributed by atoms with Crippen LogP contribution in [-0.4, -0.2) is 150 Å². The molecule has 14 heteroatoms. The van der Waals surface area contributed by atoms with Gasteiger partial charge in [-0.1, -0.05) is 73.3 Å². The Morgan fingerprint density at radius 2 is 1.15 bits per heavy atom. The van der Waals surface area contributed by atoms with Gasteiger partial charge in [-0.3, -0.25) is 38.8 Å². The summed E-state index contributed by atoms with van der Waals surface area (Å²) in [5, 5.41) is 31.0. The molecular formula is C40H53GdN5O8. The first-order valence-corrected chi connectivity index (χ1v) is 18.1. The number of rotatable bonds is 18. The van der Waals surface area contributed by atoms with Crippen molar-refractivity contribution in [2.45, 2.75) is 31.9 Å². The van der Waals surface area contributed by atoms with Crippen LogP contribution >= 0.6 is 0 Å². The van der Waals surface area contributed by atoms with Crippen LogP contribution in [-0.2, 0) is 43.4 Å². The number of carbonyl (C=O) groups excluding carboxylic acids is 2. The van der Waals surface area contributed by atoms with E-state index >= 15 is 0 Å². The van der Waals surface area contributed by atoms with Crippen LogP contribution in [0.2, 0.25) is 0 Å². The molecule has 3 aromatic rings. The Morgan fingerprint density at radius 1 is 0.667 bits per heavy atom. The summed E-state index contributed by atoms with van der Waals surface area (Å²) in [6.07, 6.45) is 1.29. The van der Waals surface area contributed by atoms with Crippen molar-refractivity contribution in [2.24, 2.45) is 5.73 Å². The summed E-state index contributed by atoms with van der Waals surface area (Å²) in [5.41, 5.74) is 9.08. The third-order valence-corrected chi connectivity index (χ3v) is 9.37. The van der Waals surface area contributed by atoms with Crippen LogP contribution in [0.3, 0.4) is 0 Å². The molecule has 4 rings (SSSR count). The zero-order chi connectivity index (χ0) is 38.2. The first-order chi connectivity index (χ1) is 25.4. The molecule has 1 fully saturated rings. The predicted molar refractivity (Wildman–Crippen MR) is 203 cm³/mol. The number of benzene rings is 3. The van der Waals surface area contributed by atoms with E-state index in [2.05, 4.69) is 12.6 Å². The number of carboxylic acid groups (broad SMARTS) is 2. The van der Waals surface area contributed by atoms with Gasteiger partial charge in [0.15, 0.2) is 5.78 Å². The third-order valence-electron chi connectivity index (χ3n) is 9.37. The Labute approximate surface area is 349 Å². The van der Waals surface area contributed by atoms with Gasteiger partial charge in [-0.05, 0) is 40.3 Å². The Balaban J connectivity index is 0.00000784. The fraction of sp³-hybridized carbons (Fsp3) is 0.450. The van der Waals surface area contributed by atoms with Crippen LogP contribution in [0.1, 0.15) is 23.1 Å². The van der Waals surface area contributed by atoms with Gasteiger partial charge in [0.2, 0.25) is 0 Å². The first-order valence-electron chi connectivity index (χ1n) is 18.1. The van der Waals surface area contributed by atoms with E-state index in [9.17, 15) is 34.5 Å². The Hall–Kier alpha value is -3.18. The van der Waals surface area contributed by atoms with E-state index in [1.165, 1.54) is 0 Å². The van der Waals surface area contributed by atoms with Crippen molar-refractivity contribution in [3.63, 3.8) is 0 Å². The van der Waals surface area contributed by atoms with Gasteiger partial charge in [0.25, 0.3) is 0 Å². The van der Waals surface area contributed by atoms with Crippen molar-refractivity contribution in [2.75, 3.05) is 85.1 Å². The molecule has 0 bridgehead atoms. The molecule has 1 atom stereocenters. The average molecular weight is 889 g/mol. The second kappa shape index (κ2) is 23.7. The number of aliphatic hydroxyl groups is 1. The van der Waals surface area contributed by atoms with Crippen LogP contribution in [0, 0.1) is 39.9 Å². The van der Waals surface area contributed by atoms with Gasteiger partial charge in [0.05, 0.1) is 44.6 Å². The van der Waals surface area contributed by atoms with E-state index in [1.54, 1.807) is 0 Å². The molecule has 13 nitrogen and oxygen atoms in total. The van der Waals surface area contributed by atoms with Crippen molar-refractivity contribution in [3.8, 4) is 0 Å². The molecule has 1 saturated heterocycles. The second-order valence-corrected chi connectivity index (χ2v) is 13.8. The van der Waals surface area contributed by atoms with Gasteiger partial charge >= 0.3 is 11.9 Å². The summed E-state index contributed by atoms with van der Waals surface area (Å²) in [5.74, 6) is -2.04. The van der Waals surface area contributed by atoms with Gasteiger partial charge in [0.1, 0.15) is 12.4 Å². The maximum atomic E-state index is 13.2. The quantitative estimate of drug-likeness (QED) is 0.137. The molecule has 0 radical (unpaired) electrons. The summed E-state index contributed by atoms with van der Waals surface area (Å²) in [6.45, 7) is 7.32. The fourth-order valence-electron chi connectivity index (χ4n) is 6.38. The van der Waals surface area contributed by atoms with E-state index in [1.807, 2.05) is 80.3 Å². The van der Waals surface area contributed by atoms with Gasteiger partial charge in [-0.15, -0.1) is 0 Å². The van der Waals surface area contributed by atoms with Gasteiger partial charge in [0, 0.05) is 98.7 Å². The topological polar surface area (TPSA) is 177 Å². The number of aliphatic carboxylic acids is 2. The number of Topliss-reactive ketones (excluding diaryl/α,β-unsaturated/α-hetero) is 2. The standard InChI is InChI=1S/C40H53N5O8.Gd/c1-30(46)24-42-14-18-44(26-39(49)50)20-16-43(17-21-45(19-15-42)27-40(51)52)25-36(47)13-11-31-6-8-32(9-7-31)28-53-29-38(48)37(41)23-33-10-12-34-4-2-3-5-35(34)22-33;/h2-10,12,22,37,46H,1,11,13-21,23-29,41H2,(H,49,50)(H,51,52);/t37-;/m1./s1. The smallest absolute Gasteiger partial charge is 0.317 e. The van der Waals surface area contributed by atoms with Crippen molar-refractivity contribution in [1.29, 1.82) is 0 Å².